The molecule has 0 fully saturated rings. The Kier molecular flexibility index (Phi) is 11.5. The van der Waals surface area contributed by atoms with Gasteiger partial charge in [0.15, 0.2) is 0 Å². The standard InChI is InChI=1S/C30H38ClN3O/c1-7-21(3)16-25(20-32)15-14-23(5)27(17-22(4)8-2)29(18-24(6)31)35-30-19-28(33-34-30)26-12-10-9-11-13-26/h9-19,22H,6-8,20,32H2,1-5H3,(H,33,34)/b21-16+,23-14+,25-15+,27-17-,29-18+. The van der Waals surface area contributed by atoms with Crippen LogP contribution >= 0.6 is 11.6 Å². The molecule has 186 valence electrons. The van der Waals surface area contributed by atoms with E-state index in [0.29, 0.717) is 29.1 Å². The normalized spacial score (nSPS) is 14.8. The van der Waals surface area contributed by atoms with Crippen molar-refractivity contribution in [2.24, 2.45) is 11.7 Å². The van der Waals surface area contributed by atoms with E-state index in [1.807, 2.05) is 36.4 Å². The summed E-state index contributed by atoms with van der Waals surface area (Å²) in [6, 6.07) is 11.9. The molecule has 1 heterocycles. The van der Waals surface area contributed by atoms with Crippen LogP contribution in [0.1, 0.15) is 47.5 Å². The van der Waals surface area contributed by atoms with Gasteiger partial charge in [0, 0.05) is 23.2 Å². The molecule has 0 amide bonds. The number of nitrogens with one attached hydrogen (secondary N) is 1. The van der Waals surface area contributed by atoms with Crippen molar-refractivity contribution < 1.29 is 4.74 Å². The lowest BCUT2D eigenvalue weighted by Gasteiger charge is -2.15. The molecule has 3 N–H and O–H groups in total. The molecule has 1 aromatic carbocycles. The molecule has 35 heavy (non-hydrogen) atoms. The van der Waals surface area contributed by atoms with Crippen LogP contribution in [0, 0.1) is 5.92 Å². The van der Waals surface area contributed by atoms with E-state index in [1.54, 1.807) is 6.08 Å². The molecule has 0 saturated heterocycles. The average Bonchev–Trinajstić information content (AvgIpc) is 3.32. The number of rotatable bonds is 12. The largest absolute Gasteiger partial charge is 0.437 e. The predicted molar refractivity (Wildman–Crippen MR) is 150 cm³/mol. The molecular formula is C30H38ClN3O. The Morgan fingerprint density at radius 3 is 2.49 bits per heavy atom. The third-order valence-corrected chi connectivity index (χ3v) is 5.81. The van der Waals surface area contributed by atoms with Crippen LogP contribution in [0.25, 0.3) is 11.3 Å². The maximum atomic E-state index is 6.28. The summed E-state index contributed by atoms with van der Waals surface area (Å²) >= 11 is 6.22. The molecule has 0 saturated carbocycles. The predicted octanol–water partition coefficient (Wildman–Crippen LogP) is 8.25. The van der Waals surface area contributed by atoms with Crippen molar-refractivity contribution in [3.63, 3.8) is 0 Å². The number of nitrogens with two attached hydrogens (primary N) is 1. The van der Waals surface area contributed by atoms with Crippen LogP contribution in [-0.2, 0) is 0 Å². The number of allylic oxidation sites excluding steroid dienone is 7. The fraction of sp³-hybridized carbons (Fsp3) is 0.300. The van der Waals surface area contributed by atoms with Crippen molar-refractivity contribution in [1.29, 1.82) is 0 Å². The molecule has 4 nitrogen and oxygen atoms in total. The Labute approximate surface area is 215 Å². The minimum atomic E-state index is 0.336. The highest BCUT2D eigenvalue weighted by molar-refractivity contribution is 6.30. The van der Waals surface area contributed by atoms with E-state index in [1.165, 1.54) is 5.57 Å². The zero-order valence-corrected chi connectivity index (χ0v) is 22.3. The third-order valence-electron chi connectivity index (χ3n) is 5.70. The molecule has 0 aliphatic heterocycles. The second-order valence-corrected chi connectivity index (χ2v) is 9.13. The van der Waals surface area contributed by atoms with Gasteiger partial charge in [0.1, 0.15) is 5.76 Å². The van der Waals surface area contributed by atoms with Gasteiger partial charge in [-0.1, -0.05) is 106 Å². The highest BCUT2D eigenvalue weighted by atomic mass is 35.5. The Morgan fingerprint density at radius 1 is 1.17 bits per heavy atom. The molecule has 0 aliphatic rings. The molecule has 0 bridgehead atoms. The molecular weight excluding hydrogens is 454 g/mol. The number of aromatic nitrogens is 2. The van der Waals surface area contributed by atoms with E-state index in [9.17, 15) is 0 Å². The molecule has 1 aromatic heterocycles. The smallest absolute Gasteiger partial charge is 0.238 e. The molecule has 0 aliphatic carbocycles. The van der Waals surface area contributed by atoms with E-state index in [0.717, 1.165) is 40.8 Å². The number of halogens is 1. The fourth-order valence-corrected chi connectivity index (χ4v) is 3.36. The summed E-state index contributed by atoms with van der Waals surface area (Å²) in [7, 11) is 0. The van der Waals surface area contributed by atoms with E-state index in [2.05, 4.69) is 75.7 Å². The van der Waals surface area contributed by atoms with Crippen LogP contribution in [0.3, 0.4) is 0 Å². The maximum Gasteiger partial charge on any atom is 0.238 e. The van der Waals surface area contributed by atoms with Gasteiger partial charge in [-0.2, -0.15) is 0 Å². The second kappa shape index (κ2) is 14.3. The van der Waals surface area contributed by atoms with E-state index in [4.69, 9.17) is 22.1 Å². The van der Waals surface area contributed by atoms with Gasteiger partial charge in [0.2, 0.25) is 5.88 Å². The Balaban J connectivity index is 2.48. The first-order valence-electron chi connectivity index (χ1n) is 12.1. The van der Waals surface area contributed by atoms with Crippen LogP contribution in [0.4, 0.5) is 0 Å². The molecule has 1 unspecified atom stereocenters. The molecule has 2 rings (SSSR count). The van der Waals surface area contributed by atoms with Crippen LogP contribution in [-0.4, -0.2) is 16.7 Å². The number of aromatic amines is 1. The average molecular weight is 492 g/mol. The second-order valence-electron chi connectivity index (χ2n) is 8.65. The van der Waals surface area contributed by atoms with E-state index < -0.39 is 0 Å². The summed E-state index contributed by atoms with van der Waals surface area (Å²) in [5.41, 5.74) is 12.2. The van der Waals surface area contributed by atoms with Crippen molar-refractivity contribution in [3.05, 3.63) is 106 Å². The minimum absolute atomic E-state index is 0.336. The lowest BCUT2D eigenvalue weighted by atomic mass is 9.97. The molecule has 2 aromatic rings. The summed E-state index contributed by atoms with van der Waals surface area (Å²) in [6.07, 6.45) is 12.2. The lowest BCUT2D eigenvalue weighted by molar-refractivity contribution is 0.418. The highest BCUT2D eigenvalue weighted by Crippen LogP contribution is 2.29. The first-order valence-corrected chi connectivity index (χ1v) is 12.5. The molecule has 0 spiro atoms. The van der Waals surface area contributed by atoms with Gasteiger partial charge in [0.25, 0.3) is 0 Å². The number of hydrogen-bond donors (Lipinski definition) is 2. The fourth-order valence-electron chi connectivity index (χ4n) is 3.26. The lowest BCUT2D eigenvalue weighted by Crippen LogP contribution is -2.04. The zero-order chi connectivity index (χ0) is 25.8. The summed E-state index contributed by atoms with van der Waals surface area (Å²) in [6.45, 7) is 15.0. The number of H-pyrrole nitrogens is 1. The highest BCUT2D eigenvalue weighted by Gasteiger charge is 2.15. The summed E-state index contributed by atoms with van der Waals surface area (Å²) in [5.74, 6) is 1.38. The Hall–Kier alpha value is -3.08. The van der Waals surface area contributed by atoms with Gasteiger partial charge >= 0.3 is 0 Å². The van der Waals surface area contributed by atoms with Gasteiger partial charge in [-0.05, 0) is 49.0 Å². The molecule has 1 atom stereocenters. The number of ether oxygens (including phenoxy) is 1. The first kappa shape index (κ1) is 28.2. The Morgan fingerprint density at radius 2 is 1.89 bits per heavy atom. The van der Waals surface area contributed by atoms with Crippen LogP contribution in [0.15, 0.2) is 106 Å². The maximum absolute atomic E-state index is 6.28. The summed E-state index contributed by atoms with van der Waals surface area (Å²) in [4.78, 5) is 0. The Bertz CT molecular complexity index is 1130. The first-order chi connectivity index (χ1) is 16.8. The number of hydrogen-bond acceptors (Lipinski definition) is 3. The number of benzene rings is 1. The van der Waals surface area contributed by atoms with Gasteiger partial charge in [-0.3, -0.25) is 5.10 Å². The quantitative estimate of drug-likeness (QED) is 0.232. The van der Waals surface area contributed by atoms with Crippen LogP contribution < -0.4 is 10.5 Å². The molecule has 5 heteroatoms. The third kappa shape index (κ3) is 9.23. The van der Waals surface area contributed by atoms with Crippen molar-refractivity contribution in [3.8, 4) is 17.1 Å². The van der Waals surface area contributed by atoms with Gasteiger partial charge < -0.3 is 10.5 Å². The van der Waals surface area contributed by atoms with Crippen molar-refractivity contribution >= 4 is 11.6 Å². The summed E-state index contributed by atoms with van der Waals surface area (Å²) in [5, 5.41) is 7.79. The summed E-state index contributed by atoms with van der Waals surface area (Å²) < 4.78 is 6.28. The van der Waals surface area contributed by atoms with Crippen LogP contribution in [0.5, 0.6) is 5.88 Å². The van der Waals surface area contributed by atoms with E-state index >= 15 is 0 Å². The minimum Gasteiger partial charge on any atom is -0.437 e. The van der Waals surface area contributed by atoms with Gasteiger partial charge in [-0.15, -0.1) is 5.10 Å². The SMILES string of the molecule is C=C(Cl)\C=C(Oc1cc(-c2ccccc2)[nH]n1)/C(=C\C(C)CC)C(/C)=C/C=C(\C=C(/C)CC)CN. The van der Waals surface area contributed by atoms with Gasteiger partial charge in [-0.25, -0.2) is 0 Å². The topological polar surface area (TPSA) is 63.9 Å². The van der Waals surface area contributed by atoms with Crippen molar-refractivity contribution in [2.75, 3.05) is 6.54 Å². The van der Waals surface area contributed by atoms with Crippen molar-refractivity contribution in [2.45, 2.75) is 47.5 Å². The monoisotopic (exact) mass is 491 g/mol. The zero-order valence-electron chi connectivity index (χ0n) is 21.6. The van der Waals surface area contributed by atoms with Crippen LogP contribution in [0.2, 0.25) is 0 Å². The number of nitrogens with zero attached hydrogens (tertiary/aromatic N) is 1. The van der Waals surface area contributed by atoms with Crippen molar-refractivity contribution in [1.82, 2.24) is 10.2 Å². The van der Waals surface area contributed by atoms with Gasteiger partial charge in [0.05, 0.1) is 5.69 Å². The molecule has 0 radical (unpaired) electrons. The van der Waals surface area contributed by atoms with E-state index in [-0.39, 0.29) is 0 Å².